The van der Waals surface area contributed by atoms with Gasteiger partial charge in [-0.15, -0.1) is 0 Å². The Morgan fingerprint density at radius 3 is 2.26 bits per heavy atom. The van der Waals surface area contributed by atoms with Crippen molar-refractivity contribution >= 4 is 11.5 Å². The fourth-order valence-corrected chi connectivity index (χ4v) is 4.88. The van der Waals surface area contributed by atoms with Crippen LogP contribution in [0.4, 0.5) is 5.69 Å². The first-order valence-corrected chi connectivity index (χ1v) is 11.1. The van der Waals surface area contributed by atoms with Gasteiger partial charge in [0, 0.05) is 12.0 Å². The molecular formula is C27H29N2O2+. The molecule has 0 saturated heterocycles. The van der Waals surface area contributed by atoms with Gasteiger partial charge in [0.25, 0.3) is 11.6 Å². The number of anilines is 1. The summed E-state index contributed by atoms with van der Waals surface area (Å²) in [7, 11) is 1.69. The van der Waals surface area contributed by atoms with Crippen LogP contribution in [0.3, 0.4) is 0 Å². The summed E-state index contributed by atoms with van der Waals surface area (Å²) in [6.07, 6.45) is 4.43. The van der Waals surface area contributed by atoms with Crippen molar-refractivity contribution in [3.05, 3.63) is 84.4 Å². The molecule has 1 atom stereocenters. The van der Waals surface area contributed by atoms with Crippen molar-refractivity contribution in [3.8, 4) is 16.9 Å². The zero-order valence-corrected chi connectivity index (χ0v) is 18.0. The maximum Gasteiger partial charge on any atom is 0.271 e. The van der Waals surface area contributed by atoms with E-state index in [1.807, 2.05) is 18.2 Å². The Morgan fingerprint density at radius 2 is 1.55 bits per heavy atom. The van der Waals surface area contributed by atoms with E-state index in [0.717, 1.165) is 48.4 Å². The monoisotopic (exact) mass is 413 g/mol. The van der Waals surface area contributed by atoms with Gasteiger partial charge in [-0.05, 0) is 54.7 Å². The maximum absolute atomic E-state index is 12.0. The number of methoxy groups -OCH3 is 1. The number of hydrogen-bond donors (Lipinski definition) is 1. The molecule has 2 aliphatic rings. The number of aliphatic hydroxyl groups is 1. The zero-order valence-electron chi connectivity index (χ0n) is 18.0. The van der Waals surface area contributed by atoms with Crippen LogP contribution in [0, 0.1) is 0 Å². The largest absolute Gasteiger partial charge is 0.497 e. The number of benzene rings is 3. The van der Waals surface area contributed by atoms with Crippen molar-refractivity contribution in [2.75, 3.05) is 25.1 Å². The smallest absolute Gasteiger partial charge is 0.271 e. The summed E-state index contributed by atoms with van der Waals surface area (Å²) in [5, 5.41) is 12.0. The Labute approximate surface area is 184 Å². The first-order chi connectivity index (χ1) is 15.2. The lowest BCUT2D eigenvalue weighted by molar-refractivity contribution is -0.658. The third-order valence-corrected chi connectivity index (χ3v) is 6.57. The fraction of sp³-hybridized carbons (Fsp3) is 0.296. The number of hydrogen-bond acceptors (Lipinski definition) is 3. The van der Waals surface area contributed by atoms with Gasteiger partial charge in [0.2, 0.25) is 0 Å². The lowest BCUT2D eigenvalue weighted by Crippen LogP contribution is -2.41. The van der Waals surface area contributed by atoms with Crippen molar-refractivity contribution in [1.29, 1.82) is 0 Å². The Kier molecular flexibility index (Phi) is 5.24. The molecule has 0 bridgehead atoms. The Hall–Kier alpha value is -3.11. The molecule has 158 valence electrons. The van der Waals surface area contributed by atoms with Crippen molar-refractivity contribution < 1.29 is 14.4 Å². The van der Waals surface area contributed by atoms with Crippen molar-refractivity contribution in [2.45, 2.75) is 31.4 Å². The molecule has 4 heteroatoms. The average molecular weight is 414 g/mol. The molecular weight excluding hydrogens is 384 g/mol. The summed E-state index contributed by atoms with van der Waals surface area (Å²) in [4.78, 5) is 2.29. The molecule has 2 heterocycles. The number of rotatable bonds is 4. The summed E-state index contributed by atoms with van der Waals surface area (Å²) >= 11 is 0. The minimum atomic E-state index is -1.03. The van der Waals surface area contributed by atoms with Gasteiger partial charge in [0.15, 0.2) is 6.54 Å². The number of nitrogens with zero attached hydrogens (tertiary/aromatic N) is 2. The molecule has 0 spiro atoms. The highest BCUT2D eigenvalue weighted by Crippen LogP contribution is 2.36. The molecule has 0 aliphatic carbocycles. The van der Waals surface area contributed by atoms with E-state index < -0.39 is 5.72 Å². The number of amidine groups is 1. The highest BCUT2D eigenvalue weighted by molar-refractivity contribution is 5.96. The molecule has 0 radical (unpaired) electrons. The molecule has 4 nitrogen and oxygen atoms in total. The standard InChI is InChI=1S/C27H29N2O2/c1-31-25-17-15-24(16-18-25)28-20-27(30,29-19-7-3-6-10-26(28)29)23-13-11-22(12-14-23)21-8-4-2-5-9-21/h2,4-5,8-9,11-18,30H,3,6-7,10,19-20H2,1H3/q+1. The molecule has 3 aromatic carbocycles. The van der Waals surface area contributed by atoms with E-state index >= 15 is 0 Å². The van der Waals surface area contributed by atoms with Crippen LogP contribution < -0.4 is 9.64 Å². The number of ether oxygens (including phenoxy) is 1. The van der Waals surface area contributed by atoms with Crippen LogP contribution >= 0.6 is 0 Å². The van der Waals surface area contributed by atoms with Gasteiger partial charge < -0.3 is 9.84 Å². The number of β-amino-alcohol motifs (C(OH)–C–C–N with tert-alkyl or cyclic N) is 1. The third-order valence-electron chi connectivity index (χ3n) is 6.57. The highest BCUT2D eigenvalue weighted by atomic mass is 16.5. The third kappa shape index (κ3) is 3.61. The topological polar surface area (TPSA) is 35.7 Å². The van der Waals surface area contributed by atoms with Gasteiger partial charge >= 0.3 is 0 Å². The van der Waals surface area contributed by atoms with Crippen LogP contribution in [0.25, 0.3) is 11.1 Å². The van der Waals surface area contributed by atoms with Gasteiger partial charge in [-0.25, -0.2) is 9.48 Å². The Bertz CT molecular complexity index is 1070. The molecule has 31 heavy (non-hydrogen) atoms. The summed E-state index contributed by atoms with van der Waals surface area (Å²) < 4.78 is 7.57. The highest BCUT2D eigenvalue weighted by Gasteiger charge is 2.51. The summed E-state index contributed by atoms with van der Waals surface area (Å²) in [6.45, 7) is 1.40. The molecule has 1 unspecified atom stereocenters. The quantitative estimate of drug-likeness (QED) is 0.611. The van der Waals surface area contributed by atoms with Gasteiger partial charge in [-0.1, -0.05) is 54.6 Å². The average Bonchev–Trinajstić information content (AvgIpc) is 2.97. The van der Waals surface area contributed by atoms with Crippen LogP contribution in [0.5, 0.6) is 5.75 Å². The SMILES string of the molecule is COc1ccc(N2CC(O)(c3ccc(-c4ccccc4)cc3)[N+]3=C2CCCCC3)cc1. The van der Waals surface area contributed by atoms with Crippen LogP contribution in [0.15, 0.2) is 78.9 Å². The minimum Gasteiger partial charge on any atom is -0.497 e. The molecule has 1 N–H and O–H groups in total. The first-order valence-electron chi connectivity index (χ1n) is 11.1. The van der Waals surface area contributed by atoms with Gasteiger partial charge in [0.05, 0.1) is 13.7 Å². The predicted octanol–water partition coefficient (Wildman–Crippen LogP) is 5.01. The molecule has 3 aromatic rings. The van der Waals surface area contributed by atoms with E-state index in [-0.39, 0.29) is 0 Å². The molecule has 0 fully saturated rings. The second-order valence-electron chi connectivity index (χ2n) is 8.42. The van der Waals surface area contributed by atoms with E-state index in [1.165, 1.54) is 17.8 Å². The van der Waals surface area contributed by atoms with Gasteiger partial charge in [0.1, 0.15) is 11.4 Å². The summed E-state index contributed by atoms with van der Waals surface area (Å²) in [6, 6.07) is 26.9. The van der Waals surface area contributed by atoms with E-state index in [0.29, 0.717) is 6.54 Å². The minimum absolute atomic E-state index is 0.527. The van der Waals surface area contributed by atoms with Crippen LogP contribution in [0.2, 0.25) is 0 Å². The first kappa shape index (κ1) is 19.8. The predicted molar refractivity (Wildman–Crippen MR) is 125 cm³/mol. The van der Waals surface area contributed by atoms with Crippen molar-refractivity contribution in [1.82, 2.24) is 0 Å². The van der Waals surface area contributed by atoms with Gasteiger partial charge in [-0.2, -0.15) is 0 Å². The Morgan fingerprint density at radius 1 is 0.839 bits per heavy atom. The van der Waals surface area contributed by atoms with Crippen molar-refractivity contribution in [3.63, 3.8) is 0 Å². The maximum atomic E-state index is 12.0. The molecule has 2 aliphatic heterocycles. The molecule has 0 aromatic heterocycles. The van der Waals surface area contributed by atoms with Crippen molar-refractivity contribution in [2.24, 2.45) is 0 Å². The Balaban J connectivity index is 1.52. The molecule has 0 saturated carbocycles. The molecule has 0 amide bonds. The van der Waals surface area contributed by atoms with Crippen LogP contribution in [0.1, 0.15) is 31.2 Å². The van der Waals surface area contributed by atoms with E-state index in [2.05, 4.69) is 70.1 Å². The second-order valence-corrected chi connectivity index (χ2v) is 8.42. The van der Waals surface area contributed by atoms with Crippen LogP contribution in [-0.4, -0.2) is 35.7 Å². The molecule has 5 rings (SSSR count). The van der Waals surface area contributed by atoms with E-state index in [9.17, 15) is 5.11 Å². The lowest BCUT2D eigenvalue weighted by Gasteiger charge is -2.24. The normalized spacial score (nSPS) is 21.0. The summed E-state index contributed by atoms with van der Waals surface area (Å²) in [5.41, 5.74) is 3.36. The van der Waals surface area contributed by atoms with E-state index in [4.69, 9.17) is 4.74 Å². The second kappa shape index (κ2) is 8.20. The van der Waals surface area contributed by atoms with Gasteiger partial charge in [-0.3, -0.25) is 0 Å². The van der Waals surface area contributed by atoms with Crippen LogP contribution in [-0.2, 0) is 5.72 Å². The lowest BCUT2D eigenvalue weighted by atomic mass is 9.98. The van der Waals surface area contributed by atoms with E-state index in [1.54, 1.807) is 7.11 Å². The summed E-state index contributed by atoms with van der Waals surface area (Å²) in [5.74, 6) is 2.06. The zero-order chi connectivity index (χ0) is 21.3. The fourth-order valence-electron chi connectivity index (χ4n) is 4.88.